The number of hydrogen-bond donors (Lipinski definition) is 0. The zero-order chi connectivity index (χ0) is 18.6. The molecule has 0 amide bonds. The molecule has 0 aliphatic carbocycles. The molecule has 0 heterocycles. The summed E-state index contributed by atoms with van der Waals surface area (Å²) in [4.78, 5) is 20.5. The molecule has 0 rings (SSSR count). The molecule has 0 saturated carbocycles. The second-order valence-corrected chi connectivity index (χ2v) is 8.44. The van der Waals surface area contributed by atoms with Crippen molar-refractivity contribution < 1.29 is 122 Å². The van der Waals surface area contributed by atoms with Crippen LogP contribution >= 0.6 is 7.82 Å². The van der Waals surface area contributed by atoms with Gasteiger partial charge in [0.25, 0.3) is 0 Å². The van der Waals surface area contributed by atoms with Crippen molar-refractivity contribution >= 4 is 7.82 Å². The first-order valence-electron chi connectivity index (χ1n) is 10.7. The number of unbranched alkanes of at least 4 members (excludes halogenated alkanes) is 17. The molecular formula is C20H41K2O4P. The average Bonchev–Trinajstić information content (AvgIpc) is 2.56. The van der Waals surface area contributed by atoms with Crippen LogP contribution in [0.1, 0.15) is 122 Å². The Bertz CT molecular complexity index is 314. The Morgan fingerprint density at radius 3 is 1.07 bits per heavy atom. The van der Waals surface area contributed by atoms with Gasteiger partial charge < -0.3 is 18.9 Å². The summed E-state index contributed by atoms with van der Waals surface area (Å²) in [7, 11) is -4.76. The zero-order valence-corrected chi connectivity index (χ0v) is 25.7. The van der Waals surface area contributed by atoms with E-state index in [2.05, 4.69) is 11.4 Å². The van der Waals surface area contributed by atoms with Gasteiger partial charge in [-0.2, -0.15) is 0 Å². The summed E-state index contributed by atoms with van der Waals surface area (Å²) in [5.41, 5.74) is 0. The van der Waals surface area contributed by atoms with Crippen molar-refractivity contribution in [3.63, 3.8) is 0 Å². The third-order valence-electron chi connectivity index (χ3n) is 4.75. The molecule has 0 aromatic heterocycles. The standard InChI is InChI=1S/C20H43O4P.2K/c1-2-3-4-5-6-7-8-9-10-11-12-13-14-15-16-17-18-19-20-24-25(21,22)23;;/h2-20H2,1H3,(H2,21,22,23);;/q;2*+1/p-2. The van der Waals surface area contributed by atoms with Crippen molar-refractivity contribution in [1.29, 1.82) is 0 Å². The summed E-state index contributed by atoms with van der Waals surface area (Å²) in [5, 5.41) is 0. The first kappa shape index (κ1) is 35.0. The molecule has 0 bridgehead atoms. The third kappa shape index (κ3) is 34.2. The summed E-state index contributed by atoms with van der Waals surface area (Å²) >= 11 is 0. The molecular weight excluding hydrogens is 413 g/mol. The maximum absolute atomic E-state index is 10.3. The van der Waals surface area contributed by atoms with Crippen LogP contribution in [0.2, 0.25) is 0 Å². The van der Waals surface area contributed by atoms with Crippen LogP contribution in [0, 0.1) is 0 Å². The smallest absolute Gasteiger partial charge is 0.790 e. The summed E-state index contributed by atoms with van der Waals surface area (Å²) in [6.45, 7) is 2.31. The largest absolute Gasteiger partial charge is 1.00 e. The van der Waals surface area contributed by atoms with Crippen molar-refractivity contribution in [2.45, 2.75) is 122 Å². The fraction of sp³-hybridized carbons (Fsp3) is 1.00. The molecule has 0 unspecified atom stereocenters. The normalized spacial score (nSPS) is 11.1. The molecule has 27 heavy (non-hydrogen) atoms. The van der Waals surface area contributed by atoms with E-state index in [1.165, 1.54) is 96.3 Å². The molecule has 0 aliphatic heterocycles. The van der Waals surface area contributed by atoms with Gasteiger partial charge in [-0.05, 0) is 6.42 Å². The van der Waals surface area contributed by atoms with Crippen LogP contribution in [0.4, 0.5) is 0 Å². The predicted molar refractivity (Wildman–Crippen MR) is 102 cm³/mol. The van der Waals surface area contributed by atoms with Crippen molar-refractivity contribution in [2.24, 2.45) is 0 Å². The molecule has 0 N–H and O–H groups in total. The molecule has 0 saturated heterocycles. The summed E-state index contributed by atoms with van der Waals surface area (Å²) < 4.78 is 14.5. The Kier molecular flexibility index (Phi) is 35.5. The Balaban J connectivity index is -0.00000288. The van der Waals surface area contributed by atoms with Gasteiger partial charge in [0.2, 0.25) is 0 Å². The van der Waals surface area contributed by atoms with Crippen molar-refractivity contribution in [3.05, 3.63) is 0 Å². The monoisotopic (exact) mass is 454 g/mol. The molecule has 0 fully saturated rings. The van der Waals surface area contributed by atoms with Crippen molar-refractivity contribution in [3.8, 4) is 0 Å². The Morgan fingerprint density at radius 2 is 0.815 bits per heavy atom. The second kappa shape index (κ2) is 27.4. The molecule has 0 spiro atoms. The minimum Gasteiger partial charge on any atom is -0.790 e. The first-order chi connectivity index (χ1) is 12.1. The van der Waals surface area contributed by atoms with E-state index in [1.54, 1.807) is 0 Å². The van der Waals surface area contributed by atoms with Gasteiger partial charge in [-0.3, -0.25) is 0 Å². The van der Waals surface area contributed by atoms with E-state index >= 15 is 0 Å². The molecule has 4 nitrogen and oxygen atoms in total. The van der Waals surface area contributed by atoms with E-state index in [9.17, 15) is 14.4 Å². The third-order valence-corrected chi connectivity index (χ3v) is 5.25. The van der Waals surface area contributed by atoms with E-state index in [0.717, 1.165) is 12.8 Å². The van der Waals surface area contributed by atoms with Gasteiger partial charge in [0.05, 0.1) is 14.4 Å². The van der Waals surface area contributed by atoms with Gasteiger partial charge in [-0.15, -0.1) is 0 Å². The van der Waals surface area contributed by atoms with E-state index in [1.807, 2.05) is 0 Å². The van der Waals surface area contributed by atoms with Crippen LogP contribution in [0.5, 0.6) is 0 Å². The minimum absolute atomic E-state index is 0. The molecule has 152 valence electrons. The first-order valence-corrected chi connectivity index (χ1v) is 12.2. The molecule has 0 aromatic rings. The maximum atomic E-state index is 10.3. The van der Waals surface area contributed by atoms with E-state index in [0.29, 0.717) is 6.42 Å². The fourth-order valence-corrected chi connectivity index (χ4v) is 3.53. The quantitative estimate of drug-likeness (QED) is 0.146. The van der Waals surface area contributed by atoms with Crippen LogP contribution in [-0.2, 0) is 9.09 Å². The molecule has 0 aromatic carbocycles. The van der Waals surface area contributed by atoms with Crippen LogP contribution < -0.4 is 113 Å². The number of phosphoric acid groups is 1. The summed E-state index contributed by atoms with van der Waals surface area (Å²) in [5.74, 6) is 0. The Morgan fingerprint density at radius 1 is 0.556 bits per heavy atom. The van der Waals surface area contributed by atoms with Gasteiger partial charge in [0, 0.05) is 0 Å². The van der Waals surface area contributed by atoms with Crippen molar-refractivity contribution in [1.82, 2.24) is 0 Å². The Hall–Kier alpha value is 3.38. The second-order valence-electron chi connectivity index (χ2n) is 7.29. The van der Waals surface area contributed by atoms with Crippen LogP contribution in [0.3, 0.4) is 0 Å². The Labute approximate surface area is 254 Å². The van der Waals surface area contributed by atoms with Gasteiger partial charge in [0.1, 0.15) is 0 Å². The zero-order valence-electron chi connectivity index (χ0n) is 18.5. The van der Waals surface area contributed by atoms with Crippen molar-refractivity contribution in [2.75, 3.05) is 6.61 Å². The van der Waals surface area contributed by atoms with Gasteiger partial charge in [0.15, 0.2) is 0 Å². The fourth-order valence-electron chi connectivity index (χ4n) is 3.18. The predicted octanol–water partition coefficient (Wildman–Crippen LogP) is -0.119. The van der Waals surface area contributed by atoms with E-state index in [-0.39, 0.29) is 109 Å². The van der Waals surface area contributed by atoms with Gasteiger partial charge in [-0.25, -0.2) is 0 Å². The van der Waals surface area contributed by atoms with Crippen LogP contribution in [-0.4, -0.2) is 6.61 Å². The summed E-state index contributed by atoms with van der Waals surface area (Å²) in [6, 6.07) is 0. The minimum atomic E-state index is -4.76. The number of hydrogen-bond acceptors (Lipinski definition) is 4. The number of phosphoric ester groups is 1. The average molecular weight is 455 g/mol. The van der Waals surface area contributed by atoms with E-state index < -0.39 is 7.82 Å². The molecule has 7 heteroatoms. The molecule has 0 aliphatic rings. The number of rotatable bonds is 20. The molecule has 0 atom stereocenters. The summed E-state index contributed by atoms with van der Waals surface area (Å²) in [6.07, 6.45) is 23.3. The molecule has 0 radical (unpaired) electrons. The SMILES string of the molecule is CCCCCCCCCCCCCCCCCCCCOP(=O)([O-])[O-].[K+].[K+]. The van der Waals surface area contributed by atoms with Gasteiger partial charge >= 0.3 is 103 Å². The maximum Gasteiger partial charge on any atom is 1.00 e. The van der Waals surface area contributed by atoms with E-state index in [4.69, 9.17) is 0 Å². The van der Waals surface area contributed by atoms with Crippen LogP contribution in [0.15, 0.2) is 0 Å². The van der Waals surface area contributed by atoms with Gasteiger partial charge in [-0.1, -0.05) is 116 Å². The topological polar surface area (TPSA) is 72.4 Å². The van der Waals surface area contributed by atoms with Crippen LogP contribution in [0.25, 0.3) is 0 Å².